The van der Waals surface area contributed by atoms with E-state index < -0.39 is 13.9 Å². The van der Waals surface area contributed by atoms with Crippen molar-refractivity contribution in [3.05, 3.63) is 60.8 Å². The van der Waals surface area contributed by atoms with Crippen molar-refractivity contribution in [2.75, 3.05) is 33.0 Å². The number of allylic oxidation sites excluding steroid dienone is 10. The van der Waals surface area contributed by atoms with Gasteiger partial charge in [-0.2, -0.15) is 0 Å². The molecule has 0 aromatic carbocycles. The molecule has 2 atom stereocenters. The summed E-state index contributed by atoms with van der Waals surface area (Å²) in [5.41, 5.74) is 5.34. The van der Waals surface area contributed by atoms with E-state index in [0.717, 1.165) is 103 Å². The van der Waals surface area contributed by atoms with E-state index in [9.17, 15) is 14.3 Å². The number of carbonyl (C=O) groups excluding carboxylic acids is 1. The minimum absolute atomic E-state index is 0.0910. The fourth-order valence-corrected chi connectivity index (χ4v) is 5.11. The van der Waals surface area contributed by atoms with Gasteiger partial charge in [-0.15, -0.1) is 0 Å². The van der Waals surface area contributed by atoms with Gasteiger partial charge in [-0.25, -0.2) is 4.57 Å². The molecule has 0 bridgehead atoms. The summed E-state index contributed by atoms with van der Waals surface area (Å²) in [6.45, 7) is 4.63. The van der Waals surface area contributed by atoms with Gasteiger partial charge in [0.15, 0.2) is 0 Å². The van der Waals surface area contributed by atoms with Gasteiger partial charge in [0.25, 0.3) is 0 Å². The highest BCUT2D eigenvalue weighted by molar-refractivity contribution is 7.47. The summed E-state index contributed by atoms with van der Waals surface area (Å²) < 4.78 is 33.2. The van der Waals surface area contributed by atoms with Crippen LogP contribution in [0.15, 0.2) is 60.8 Å². The van der Waals surface area contributed by atoms with Crippen LogP contribution in [0.5, 0.6) is 0 Å². The molecule has 266 valence electrons. The Morgan fingerprint density at radius 3 is 1.83 bits per heavy atom. The predicted octanol–water partition coefficient (Wildman–Crippen LogP) is 9.85. The number of phosphoric acid groups is 1. The van der Waals surface area contributed by atoms with Crippen LogP contribution < -0.4 is 5.73 Å². The fraction of sp³-hybridized carbons (Fsp3) is 0.703. The van der Waals surface area contributed by atoms with Crippen LogP contribution in [-0.4, -0.2) is 49.9 Å². The lowest BCUT2D eigenvalue weighted by Crippen LogP contribution is -2.28. The number of nitrogens with two attached hydrogens (primary N) is 1. The van der Waals surface area contributed by atoms with Gasteiger partial charge in [0.05, 0.1) is 19.8 Å². The quantitative estimate of drug-likeness (QED) is 0.0307. The Labute approximate surface area is 281 Å². The van der Waals surface area contributed by atoms with Crippen molar-refractivity contribution in [3.8, 4) is 0 Å². The number of phosphoric ester groups is 1. The van der Waals surface area contributed by atoms with E-state index in [1.54, 1.807) is 0 Å². The first-order chi connectivity index (χ1) is 22.4. The van der Waals surface area contributed by atoms with Gasteiger partial charge in [-0.1, -0.05) is 113 Å². The Morgan fingerprint density at radius 2 is 1.22 bits per heavy atom. The van der Waals surface area contributed by atoms with Gasteiger partial charge in [-0.05, 0) is 70.6 Å². The Balaban J connectivity index is 4.20. The third-order valence-electron chi connectivity index (χ3n) is 6.90. The Hall–Kier alpha value is -1.80. The summed E-state index contributed by atoms with van der Waals surface area (Å²) in [6, 6.07) is 0. The van der Waals surface area contributed by atoms with Gasteiger partial charge < -0.3 is 20.1 Å². The van der Waals surface area contributed by atoms with E-state index in [4.69, 9.17) is 24.3 Å². The molecule has 0 amide bonds. The zero-order valence-electron chi connectivity index (χ0n) is 29.0. The average molecular weight is 668 g/mol. The number of esters is 1. The lowest BCUT2D eigenvalue weighted by atomic mass is 10.1. The molecule has 0 radical (unpaired) electrons. The number of unbranched alkanes of at least 4 members (excludes halogenated alkanes) is 10. The SMILES string of the molecule is CC/C=C\C/C=C\C/C=C\CCCCCCOCC(COP(=O)(O)OCCN)OC(=O)CCCCCCC/C=C\C/C=C\CCC. The normalized spacial score (nSPS) is 14.4. The molecule has 3 N–H and O–H groups in total. The topological polar surface area (TPSA) is 117 Å². The molecule has 0 rings (SSSR count). The number of ether oxygens (including phenoxy) is 2. The summed E-state index contributed by atoms with van der Waals surface area (Å²) in [7, 11) is -4.28. The second-order valence-electron chi connectivity index (χ2n) is 11.3. The smallest absolute Gasteiger partial charge is 0.457 e. The molecule has 0 heterocycles. The standard InChI is InChI=1S/C37H66NO7P/c1-3-5-7-9-11-13-15-17-19-21-23-25-27-29-32-42-34-36(35-44-46(40,41)43-33-31-38)45-37(39)30-28-26-24-22-20-18-16-14-12-10-8-6-4-2/h5,7-8,10-11,13-14,16-17,19,36H,3-4,6,9,12,15,18,20-35,38H2,1-2H3,(H,40,41)/b7-5-,10-8-,13-11-,16-14-,19-17-. The van der Waals surface area contributed by atoms with Gasteiger partial charge in [-0.3, -0.25) is 13.8 Å². The molecule has 2 unspecified atom stereocenters. The highest BCUT2D eigenvalue weighted by Crippen LogP contribution is 2.43. The van der Waals surface area contributed by atoms with Crippen LogP contribution in [0.3, 0.4) is 0 Å². The van der Waals surface area contributed by atoms with E-state index in [1.165, 1.54) is 6.42 Å². The minimum Gasteiger partial charge on any atom is -0.457 e. The number of carbonyl (C=O) groups is 1. The Morgan fingerprint density at radius 1 is 0.674 bits per heavy atom. The summed E-state index contributed by atoms with van der Waals surface area (Å²) >= 11 is 0. The van der Waals surface area contributed by atoms with Crippen molar-refractivity contribution in [2.45, 2.75) is 136 Å². The monoisotopic (exact) mass is 667 g/mol. The summed E-state index contributed by atoms with van der Waals surface area (Å²) in [6.07, 6.45) is 39.5. The van der Waals surface area contributed by atoms with E-state index >= 15 is 0 Å². The van der Waals surface area contributed by atoms with Crippen LogP contribution >= 0.6 is 7.82 Å². The maximum Gasteiger partial charge on any atom is 0.472 e. The van der Waals surface area contributed by atoms with Crippen molar-refractivity contribution in [3.63, 3.8) is 0 Å². The first-order valence-electron chi connectivity index (χ1n) is 17.8. The van der Waals surface area contributed by atoms with Crippen LogP contribution in [0, 0.1) is 0 Å². The molecule has 0 aromatic heterocycles. The molecular formula is C37H66NO7P. The lowest BCUT2D eigenvalue weighted by molar-refractivity contribution is -0.154. The second-order valence-corrected chi connectivity index (χ2v) is 12.8. The average Bonchev–Trinajstić information content (AvgIpc) is 3.04. The number of hydrogen-bond donors (Lipinski definition) is 2. The first-order valence-corrected chi connectivity index (χ1v) is 19.3. The molecule has 46 heavy (non-hydrogen) atoms. The molecule has 0 aromatic rings. The van der Waals surface area contributed by atoms with Crippen molar-refractivity contribution < 1.29 is 32.8 Å². The molecule has 0 saturated heterocycles. The molecule has 9 heteroatoms. The van der Waals surface area contributed by atoms with Gasteiger partial charge in [0.2, 0.25) is 0 Å². The molecular weight excluding hydrogens is 601 g/mol. The van der Waals surface area contributed by atoms with E-state index in [-0.39, 0.29) is 32.3 Å². The largest absolute Gasteiger partial charge is 0.472 e. The number of hydrogen-bond acceptors (Lipinski definition) is 7. The molecule has 0 saturated carbocycles. The molecule has 0 aliphatic carbocycles. The zero-order valence-corrected chi connectivity index (χ0v) is 29.9. The van der Waals surface area contributed by atoms with E-state index in [2.05, 4.69) is 74.6 Å². The van der Waals surface area contributed by atoms with Crippen LogP contribution in [0.1, 0.15) is 129 Å². The van der Waals surface area contributed by atoms with Gasteiger partial charge in [0.1, 0.15) is 6.10 Å². The molecule has 8 nitrogen and oxygen atoms in total. The van der Waals surface area contributed by atoms with Crippen molar-refractivity contribution in [1.29, 1.82) is 0 Å². The number of rotatable bonds is 33. The van der Waals surface area contributed by atoms with E-state index in [0.29, 0.717) is 13.0 Å². The van der Waals surface area contributed by atoms with Crippen molar-refractivity contribution in [1.82, 2.24) is 0 Å². The fourth-order valence-electron chi connectivity index (χ4n) is 4.34. The molecule has 0 fully saturated rings. The predicted molar refractivity (Wildman–Crippen MR) is 192 cm³/mol. The van der Waals surface area contributed by atoms with Crippen LogP contribution in [-0.2, 0) is 27.9 Å². The highest BCUT2D eigenvalue weighted by Gasteiger charge is 2.25. The van der Waals surface area contributed by atoms with Crippen LogP contribution in [0.4, 0.5) is 0 Å². The summed E-state index contributed by atoms with van der Waals surface area (Å²) in [4.78, 5) is 22.3. The lowest BCUT2D eigenvalue weighted by Gasteiger charge is -2.20. The molecule has 0 aliphatic rings. The first kappa shape index (κ1) is 44.2. The van der Waals surface area contributed by atoms with Crippen molar-refractivity contribution >= 4 is 13.8 Å². The highest BCUT2D eigenvalue weighted by atomic mass is 31.2. The maximum absolute atomic E-state index is 12.5. The zero-order chi connectivity index (χ0) is 33.8. The third kappa shape index (κ3) is 33.6. The molecule has 0 spiro atoms. The minimum atomic E-state index is -4.28. The third-order valence-corrected chi connectivity index (χ3v) is 7.88. The van der Waals surface area contributed by atoms with Crippen LogP contribution in [0.25, 0.3) is 0 Å². The Kier molecular flexibility index (Phi) is 33.2. The maximum atomic E-state index is 12.5. The van der Waals surface area contributed by atoms with Gasteiger partial charge >= 0.3 is 13.8 Å². The molecule has 0 aliphatic heterocycles. The van der Waals surface area contributed by atoms with E-state index in [1.807, 2.05) is 0 Å². The summed E-state index contributed by atoms with van der Waals surface area (Å²) in [5.74, 6) is -0.358. The summed E-state index contributed by atoms with van der Waals surface area (Å²) in [5, 5.41) is 0. The Bertz CT molecular complexity index is 885. The second kappa shape index (κ2) is 34.5. The van der Waals surface area contributed by atoms with Gasteiger partial charge in [0, 0.05) is 19.6 Å². The van der Waals surface area contributed by atoms with Crippen LogP contribution in [0.2, 0.25) is 0 Å². The van der Waals surface area contributed by atoms with Crippen molar-refractivity contribution in [2.24, 2.45) is 5.73 Å².